The highest BCUT2D eigenvalue weighted by atomic mass is 35.5. The maximum atomic E-state index is 12.5. The highest BCUT2D eigenvalue weighted by Gasteiger charge is 2.31. The molecule has 0 amide bonds. The van der Waals surface area contributed by atoms with Gasteiger partial charge in [-0.1, -0.05) is 0 Å². The fourth-order valence-corrected chi connectivity index (χ4v) is 1.92. The maximum Gasteiger partial charge on any atom is 0.416 e. The maximum absolute atomic E-state index is 12.5. The van der Waals surface area contributed by atoms with Crippen molar-refractivity contribution < 1.29 is 17.9 Å². The first-order valence-corrected chi connectivity index (χ1v) is 5.92. The van der Waals surface area contributed by atoms with Crippen molar-refractivity contribution in [2.75, 3.05) is 19.7 Å². The Bertz CT molecular complexity index is 399. The lowest BCUT2D eigenvalue weighted by molar-refractivity contribution is -0.137. The molecule has 2 heterocycles. The lowest BCUT2D eigenvalue weighted by Crippen LogP contribution is -2.30. The minimum atomic E-state index is -4.35. The summed E-state index contributed by atoms with van der Waals surface area (Å²) in [7, 11) is 0. The normalized spacial score (nSPS) is 15.9. The van der Waals surface area contributed by atoms with Gasteiger partial charge in [-0.25, -0.2) is 4.98 Å². The van der Waals surface area contributed by atoms with Gasteiger partial charge in [0.05, 0.1) is 12.2 Å². The van der Waals surface area contributed by atoms with Crippen LogP contribution in [0, 0.1) is 5.92 Å². The molecule has 1 saturated heterocycles. The first-order valence-electron chi connectivity index (χ1n) is 5.92. The van der Waals surface area contributed by atoms with Gasteiger partial charge < -0.3 is 10.1 Å². The van der Waals surface area contributed by atoms with E-state index in [1.54, 1.807) is 0 Å². The zero-order chi connectivity index (χ0) is 13.0. The summed E-state index contributed by atoms with van der Waals surface area (Å²) in [5.74, 6) is 0.436. The lowest BCUT2D eigenvalue weighted by Gasteiger charge is -2.22. The number of nitrogens with one attached hydrogen (secondary N) is 1. The molecule has 0 bridgehead atoms. The van der Waals surface area contributed by atoms with E-state index in [0.717, 1.165) is 44.3 Å². The van der Waals surface area contributed by atoms with Crippen molar-refractivity contribution in [2.45, 2.75) is 19.0 Å². The summed E-state index contributed by atoms with van der Waals surface area (Å²) in [4.78, 5) is 3.80. The minimum absolute atomic E-state index is 0. The van der Waals surface area contributed by atoms with E-state index < -0.39 is 11.7 Å². The molecule has 0 spiro atoms. The molecule has 0 radical (unpaired) electrons. The number of pyridine rings is 1. The number of rotatable bonds is 3. The molecule has 1 aliphatic heterocycles. The topological polar surface area (TPSA) is 34.1 Å². The van der Waals surface area contributed by atoms with Gasteiger partial charge in [0.1, 0.15) is 0 Å². The summed E-state index contributed by atoms with van der Waals surface area (Å²) in [6, 6.07) is 1.89. The Labute approximate surface area is 128 Å². The largest absolute Gasteiger partial charge is 0.477 e. The van der Waals surface area contributed by atoms with Crippen molar-refractivity contribution >= 4 is 24.8 Å². The van der Waals surface area contributed by atoms with Crippen LogP contribution in [-0.4, -0.2) is 24.7 Å². The fourth-order valence-electron chi connectivity index (χ4n) is 1.92. The van der Waals surface area contributed by atoms with Gasteiger partial charge in [-0.05, 0) is 37.9 Å². The van der Waals surface area contributed by atoms with Gasteiger partial charge >= 0.3 is 6.18 Å². The molecule has 3 nitrogen and oxygen atoms in total. The molecule has 1 N–H and O–H groups in total. The monoisotopic (exact) mass is 332 g/mol. The summed E-state index contributed by atoms with van der Waals surface area (Å²) in [6.45, 7) is 2.30. The number of alkyl halides is 3. The van der Waals surface area contributed by atoms with Gasteiger partial charge in [0.2, 0.25) is 5.88 Å². The molecule has 116 valence electrons. The van der Waals surface area contributed by atoms with E-state index in [2.05, 4.69) is 10.3 Å². The zero-order valence-corrected chi connectivity index (χ0v) is 12.3. The van der Waals surface area contributed by atoms with Crippen molar-refractivity contribution in [2.24, 2.45) is 5.92 Å². The van der Waals surface area contributed by atoms with Crippen molar-refractivity contribution in [1.82, 2.24) is 10.3 Å². The highest BCUT2D eigenvalue weighted by molar-refractivity contribution is 5.85. The second-order valence-electron chi connectivity index (χ2n) is 4.38. The molecule has 2 rings (SSSR count). The van der Waals surface area contributed by atoms with Crippen molar-refractivity contribution in [3.05, 3.63) is 23.9 Å². The third-order valence-corrected chi connectivity index (χ3v) is 2.99. The van der Waals surface area contributed by atoms with Crippen molar-refractivity contribution in [3.8, 4) is 5.88 Å². The Balaban J connectivity index is 0.00000180. The minimum Gasteiger partial charge on any atom is -0.477 e. The number of halogens is 5. The van der Waals surface area contributed by atoms with Gasteiger partial charge in [0, 0.05) is 12.3 Å². The van der Waals surface area contributed by atoms with Crippen molar-refractivity contribution in [1.29, 1.82) is 0 Å². The Morgan fingerprint density at radius 2 is 1.90 bits per heavy atom. The van der Waals surface area contributed by atoms with Crippen LogP contribution in [0.3, 0.4) is 0 Å². The molecular formula is C12H17Cl2F3N2O. The van der Waals surface area contributed by atoms with Crippen LogP contribution in [0.15, 0.2) is 18.3 Å². The van der Waals surface area contributed by atoms with Gasteiger partial charge in [0.15, 0.2) is 0 Å². The van der Waals surface area contributed by atoms with Crippen LogP contribution in [0.4, 0.5) is 13.2 Å². The fraction of sp³-hybridized carbons (Fsp3) is 0.583. The predicted octanol–water partition coefficient (Wildman–Crippen LogP) is 3.32. The summed E-state index contributed by atoms with van der Waals surface area (Å²) >= 11 is 0. The van der Waals surface area contributed by atoms with Crippen molar-refractivity contribution in [3.63, 3.8) is 0 Å². The molecule has 20 heavy (non-hydrogen) atoms. The van der Waals surface area contributed by atoms with Crippen LogP contribution in [0.2, 0.25) is 0 Å². The first-order chi connectivity index (χ1) is 8.55. The van der Waals surface area contributed by atoms with Crippen LogP contribution >= 0.6 is 24.8 Å². The summed E-state index contributed by atoms with van der Waals surface area (Å²) in [5.41, 5.74) is -0.724. The van der Waals surface area contributed by atoms with Crippen LogP contribution in [0.5, 0.6) is 5.88 Å². The van der Waals surface area contributed by atoms with E-state index in [0.29, 0.717) is 12.5 Å². The smallest absolute Gasteiger partial charge is 0.416 e. The molecule has 8 heteroatoms. The van der Waals surface area contributed by atoms with Crippen LogP contribution in [0.1, 0.15) is 18.4 Å². The molecule has 0 atom stereocenters. The van der Waals surface area contributed by atoms with E-state index >= 15 is 0 Å². The molecule has 1 aromatic heterocycles. The third kappa shape index (κ3) is 5.73. The molecular weight excluding hydrogens is 316 g/mol. The average molecular weight is 333 g/mol. The van der Waals surface area contributed by atoms with Gasteiger partial charge in [0.25, 0.3) is 0 Å². The molecule has 1 aliphatic rings. The van der Waals surface area contributed by atoms with E-state index in [4.69, 9.17) is 4.74 Å². The summed E-state index contributed by atoms with van der Waals surface area (Å²) < 4.78 is 42.8. The van der Waals surface area contributed by atoms with E-state index in [1.165, 1.54) is 0 Å². The van der Waals surface area contributed by atoms with E-state index in [-0.39, 0.29) is 30.7 Å². The number of aromatic nitrogens is 1. The quantitative estimate of drug-likeness (QED) is 0.921. The van der Waals surface area contributed by atoms with Gasteiger partial charge in [-0.3, -0.25) is 0 Å². The van der Waals surface area contributed by atoms with E-state index in [1.807, 2.05) is 0 Å². The van der Waals surface area contributed by atoms with Gasteiger partial charge in [-0.2, -0.15) is 13.2 Å². The second kappa shape index (κ2) is 8.54. The number of nitrogens with zero attached hydrogens (tertiary/aromatic N) is 1. The first kappa shape index (κ1) is 19.3. The van der Waals surface area contributed by atoms with Crippen LogP contribution in [-0.2, 0) is 6.18 Å². The summed E-state index contributed by atoms with van der Waals surface area (Å²) in [6.07, 6.45) is -1.26. The van der Waals surface area contributed by atoms with E-state index in [9.17, 15) is 13.2 Å². The number of hydrogen-bond acceptors (Lipinski definition) is 3. The predicted molar refractivity (Wildman–Crippen MR) is 74.8 cm³/mol. The number of piperidine rings is 1. The SMILES string of the molecule is Cl.Cl.FC(F)(F)c1ccnc(OCC2CCNCC2)c1. The molecule has 0 aromatic carbocycles. The molecule has 0 saturated carbocycles. The molecule has 0 aliphatic carbocycles. The molecule has 1 fully saturated rings. The standard InChI is InChI=1S/C12H15F3N2O.2ClH/c13-12(14,15)10-3-6-17-11(7-10)18-8-9-1-4-16-5-2-9;;/h3,6-7,9,16H,1-2,4-5,8H2;2*1H. The lowest BCUT2D eigenvalue weighted by atomic mass is 9.99. The Hall–Kier alpha value is -0.720. The number of ether oxygens (including phenoxy) is 1. The average Bonchev–Trinajstić information content (AvgIpc) is 2.37. The second-order valence-corrected chi connectivity index (χ2v) is 4.38. The Kier molecular flexibility index (Phi) is 8.23. The molecule has 0 unspecified atom stereocenters. The Morgan fingerprint density at radius 3 is 2.50 bits per heavy atom. The number of hydrogen-bond donors (Lipinski definition) is 1. The van der Waals surface area contributed by atoms with Gasteiger partial charge in [-0.15, -0.1) is 24.8 Å². The summed E-state index contributed by atoms with van der Waals surface area (Å²) in [5, 5.41) is 3.22. The highest BCUT2D eigenvalue weighted by Crippen LogP contribution is 2.30. The molecule has 1 aromatic rings. The van der Waals surface area contributed by atoms with Crippen LogP contribution in [0.25, 0.3) is 0 Å². The third-order valence-electron chi connectivity index (χ3n) is 2.99. The Morgan fingerprint density at radius 1 is 1.25 bits per heavy atom. The van der Waals surface area contributed by atoms with Crippen LogP contribution < -0.4 is 10.1 Å². The zero-order valence-electron chi connectivity index (χ0n) is 10.7.